The largest absolute Gasteiger partial charge is 0.396 e. The van der Waals surface area contributed by atoms with Crippen LogP contribution in [0.15, 0.2) is 6.20 Å². The normalized spacial score (nSPS) is 17.2. The van der Waals surface area contributed by atoms with E-state index in [1.807, 2.05) is 0 Å². The third-order valence-electron chi connectivity index (χ3n) is 3.90. The maximum atomic E-state index is 12.0. The van der Waals surface area contributed by atoms with Gasteiger partial charge in [0.1, 0.15) is 5.69 Å². The summed E-state index contributed by atoms with van der Waals surface area (Å²) in [5.41, 5.74) is 6.90. The van der Waals surface area contributed by atoms with E-state index in [1.165, 1.54) is 23.7 Å². The van der Waals surface area contributed by atoms with Crippen molar-refractivity contribution in [1.82, 2.24) is 15.1 Å². The fraction of sp³-hybridized carbons (Fsp3) is 0.667. The van der Waals surface area contributed by atoms with Crippen molar-refractivity contribution in [3.63, 3.8) is 0 Å². The molecule has 1 aliphatic carbocycles. The number of hydrogen-bond donors (Lipinski definition) is 2. The fourth-order valence-corrected chi connectivity index (χ4v) is 2.19. The lowest BCUT2D eigenvalue weighted by molar-refractivity contribution is 0.0931. The number of rotatable bonds is 4. The molecule has 3 N–H and O–H groups in total. The molecule has 1 fully saturated rings. The third-order valence-corrected chi connectivity index (χ3v) is 3.90. The first-order chi connectivity index (χ1) is 7.96. The van der Waals surface area contributed by atoms with Crippen LogP contribution in [0, 0.1) is 11.3 Å². The predicted molar refractivity (Wildman–Crippen MR) is 66.5 cm³/mol. The van der Waals surface area contributed by atoms with Gasteiger partial charge in [-0.15, -0.1) is 0 Å². The van der Waals surface area contributed by atoms with Crippen LogP contribution >= 0.6 is 0 Å². The number of nitrogens with two attached hydrogens (primary N) is 1. The maximum Gasteiger partial charge on any atom is 0.271 e. The van der Waals surface area contributed by atoms with E-state index in [-0.39, 0.29) is 5.91 Å². The molecule has 0 aromatic carbocycles. The Morgan fingerprint density at radius 2 is 2.29 bits per heavy atom. The van der Waals surface area contributed by atoms with E-state index in [0.717, 1.165) is 6.54 Å². The van der Waals surface area contributed by atoms with Crippen LogP contribution < -0.4 is 11.1 Å². The highest BCUT2D eigenvalue weighted by molar-refractivity contribution is 5.97. The summed E-state index contributed by atoms with van der Waals surface area (Å²) < 4.78 is 1.51. The quantitative estimate of drug-likeness (QED) is 0.824. The van der Waals surface area contributed by atoms with E-state index < -0.39 is 0 Å². The smallest absolute Gasteiger partial charge is 0.271 e. The van der Waals surface area contributed by atoms with E-state index in [2.05, 4.69) is 24.3 Å². The molecule has 0 spiro atoms. The third kappa shape index (κ3) is 2.14. The molecule has 0 saturated heterocycles. The Bertz CT molecular complexity index is 412. The average molecular weight is 236 g/mol. The Balaban J connectivity index is 1.99. The minimum Gasteiger partial charge on any atom is -0.396 e. The van der Waals surface area contributed by atoms with Gasteiger partial charge in [0.15, 0.2) is 0 Å². The lowest BCUT2D eigenvalue weighted by Gasteiger charge is -2.20. The summed E-state index contributed by atoms with van der Waals surface area (Å²) in [7, 11) is 1.72. The van der Waals surface area contributed by atoms with Crippen LogP contribution in [-0.2, 0) is 7.05 Å². The standard InChI is InChI=1S/C12H20N4O/c1-8(2)12(4-5-12)7-14-11(17)10-9(13)6-15-16(10)3/h6,8H,4-5,7,13H2,1-3H3,(H,14,17). The fourth-order valence-electron chi connectivity index (χ4n) is 2.19. The van der Waals surface area contributed by atoms with Crippen LogP contribution in [0.5, 0.6) is 0 Å². The topological polar surface area (TPSA) is 72.9 Å². The van der Waals surface area contributed by atoms with Gasteiger partial charge in [0.25, 0.3) is 5.91 Å². The van der Waals surface area contributed by atoms with Gasteiger partial charge in [-0.05, 0) is 24.2 Å². The average Bonchev–Trinajstić information content (AvgIpc) is 2.98. The van der Waals surface area contributed by atoms with Crippen molar-refractivity contribution in [2.45, 2.75) is 26.7 Å². The van der Waals surface area contributed by atoms with Gasteiger partial charge in [-0.2, -0.15) is 5.10 Å². The Morgan fingerprint density at radius 3 is 2.71 bits per heavy atom. The van der Waals surface area contributed by atoms with E-state index >= 15 is 0 Å². The molecule has 0 atom stereocenters. The monoisotopic (exact) mass is 236 g/mol. The minimum absolute atomic E-state index is 0.130. The Morgan fingerprint density at radius 1 is 1.65 bits per heavy atom. The molecule has 0 aliphatic heterocycles. The molecular weight excluding hydrogens is 216 g/mol. The Hall–Kier alpha value is -1.52. The highest BCUT2D eigenvalue weighted by Crippen LogP contribution is 2.51. The first-order valence-electron chi connectivity index (χ1n) is 6.02. The second-order valence-electron chi connectivity index (χ2n) is 5.27. The van der Waals surface area contributed by atoms with Gasteiger partial charge in [0.05, 0.1) is 11.9 Å². The molecule has 1 amide bonds. The SMILES string of the molecule is CC(C)C1(CNC(=O)c2c(N)cnn2C)CC1. The van der Waals surface area contributed by atoms with Gasteiger partial charge in [-0.3, -0.25) is 9.48 Å². The molecule has 1 saturated carbocycles. The molecule has 1 aromatic heterocycles. The molecule has 0 unspecified atom stereocenters. The van der Waals surface area contributed by atoms with Crippen LogP contribution in [0.3, 0.4) is 0 Å². The second-order valence-corrected chi connectivity index (χ2v) is 5.27. The van der Waals surface area contributed by atoms with Crippen molar-refractivity contribution >= 4 is 11.6 Å². The van der Waals surface area contributed by atoms with Crippen molar-refractivity contribution in [2.75, 3.05) is 12.3 Å². The summed E-state index contributed by atoms with van der Waals surface area (Å²) in [6.45, 7) is 5.14. The summed E-state index contributed by atoms with van der Waals surface area (Å²) >= 11 is 0. The van der Waals surface area contributed by atoms with E-state index in [1.54, 1.807) is 7.05 Å². The molecule has 5 heteroatoms. The highest BCUT2D eigenvalue weighted by atomic mass is 16.2. The molecule has 2 rings (SSSR count). The lowest BCUT2D eigenvalue weighted by Crippen LogP contribution is -2.34. The summed E-state index contributed by atoms with van der Waals surface area (Å²) in [4.78, 5) is 12.0. The lowest BCUT2D eigenvalue weighted by atomic mass is 9.92. The number of carbonyl (C=O) groups excluding carboxylic acids is 1. The molecule has 17 heavy (non-hydrogen) atoms. The van der Waals surface area contributed by atoms with Gasteiger partial charge < -0.3 is 11.1 Å². The number of carbonyl (C=O) groups is 1. The minimum atomic E-state index is -0.130. The zero-order valence-corrected chi connectivity index (χ0v) is 10.7. The molecule has 1 aromatic rings. The zero-order chi connectivity index (χ0) is 12.6. The first-order valence-corrected chi connectivity index (χ1v) is 6.02. The molecule has 5 nitrogen and oxygen atoms in total. The first kappa shape index (κ1) is 12.0. The van der Waals surface area contributed by atoms with Crippen LogP contribution in [0.1, 0.15) is 37.2 Å². The van der Waals surface area contributed by atoms with Crippen LogP contribution in [0.2, 0.25) is 0 Å². The van der Waals surface area contributed by atoms with Crippen molar-refractivity contribution in [2.24, 2.45) is 18.4 Å². The number of aromatic nitrogens is 2. The van der Waals surface area contributed by atoms with Crippen molar-refractivity contribution in [3.8, 4) is 0 Å². The number of amides is 1. The van der Waals surface area contributed by atoms with Crippen molar-refractivity contribution < 1.29 is 4.79 Å². The molecule has 0 bridgehead atoms. The number of nitrogens with zero attached hydrogens (tertiary/aromatic N) is 2. The van der Waals surface area contributed by atoms with Gasteiger partial charge in [0, 0.05) is 13.6 Å². The number of anilines is 1. The number of nitrogen functional groups attached to an aromatic ring is 1. The zero-order valence-electron chi connectivity index (χ0n) is 10.7. The molecule has 1 heterocycles. The number of nitrogens with one attached hydrogen (secondary N) is 1. The molecule has 94 valence electrons. The van der Waals surface area contributed by atoms with Gasteiger partial charge in [0.2, 0.25) is 0 Å². The van der Waals surface area contributed by atoms with E-state index in [9.17, 15) is 4.79 Å². The maximum absolute atomic E-state index is 12.0. The molecule has 0 radical (unpaired) electrons. The number of hydrogen-bond acceptors (Lipinski definition) is 3. The second kappa shape index (κ2) is 4.05. The van der Waals surface area contributed by atoms with Crippen LogP contribution in [-0.4, -0.2) is 22.2 Å². The van der Waals surface area contributed by atoms with Gasteiger partial charge in [-0.1, -0.05) is 13.8 Å². The highest BCUT2D eigenvalue weighted by Gasteiger charge is 2.45. The molecular formula is C12H20N4O. The van der Waals surface area contributed by atoms with E-state index in [0.29, 0.717) is 22.7 Å². The summed E-state index contributed by atoms with van der Waals surface area (Å²) in [6.07, 6.45) is 3.90. The Kier molecular flexibility index (Phi) is 2.85. The van der Waals surface area contributed by atoms with E-state index in [4.69, 9.17) is 5.73 Å². The summed E-state index contributed by atoms with van der Waals surface area (Å²) in [6, 6.07) is 0. The van der Waals surface area contributed by atoms with Crippen LogP contribution in [0.25, 0.3) is 0 Å². The van der Waals surface area contributed by atoms with Gasteiger partial charge >= 0.3 is 0 Å². The van der Waals surface area contributed by atoms with Crippen molar-refractivity contribution in [3.05, 3.63) is 11.9 Å². The van der Waals surface area contributed by atoms with Crippen LogP contribution in [0.4, 0.5) is 5.69 Å². The summed E-state index contributed by atoms with van der Waals surface area (Å²) in [5.74, 6) is 0.473. The number of aryl methyl sites for hydroxylation is 1. The summed E-state index contributed by atoms with van der Waals surface area (Å²) in [5, 5.41) is 6.93. The van der Waals surface area contributed by atoms with Crippen molar-refractivity contribution in [1.29, 1.82) is 0 Å². The Labute approximate surface area is 101 Å². The predicted octanol–water partition coefficient (Wildman–Crippen LogP) is 1.17. The van der Waals surface area contributed by atoms with Gasteiger partial charge in [-0.25, -0.2) is 0 Å². The molecule has 1 aliphatic rings.